The Kier molecular flexibility index (Phi) is 11.4. The number of rotatable bonds is 2. The van der Waals surface area contributed by atoms with Crippen molar-refractivity contribution in [2.75, 3.05) is 0 Å². The Morgan fingerprint density at radius 3 is 1.41 bits per heavy atom. The van der Waals surface area contributed by atoms with E-state index in [9.17, 15) is 15.1 Å². The van der Waals surface area contributed by atoms with Crippen LogP contribution in [0.15, 0.2) is 146 Å². The molecule has 6 unspecified atom stereocenters. The summed E-state index contributed by atoms with van der Waals surface area (Å²) in [5.41, 5.74) is 12.2. The van der Waals surface area contributed by atoms with Gasteiger partial charge in [0.1, 0.15) is 0 Å². The summed E-state index contributed by atoms with van der Waals surface area (Å²) in [6.07, 6.45) is 4.98. The standard InChI is InChI=1S/C71H81N3/c1-71(2)37-35-61(36-38-71)60-29-31-62(32-30-60)67-45-70-65-26-17-51(18-27-65)5-10-56-40-54-8-3-49-13-22-63(23-14-49)68-33-20-52(46-72-68)6-11-57-42-58(44-59(43-57)19-28-66(67)48-74-70)12-7-53-21-34-69(73-47-53)64-24-15-50(16-25-64)4-9-55(39-54)41-56/h13-18,20-27,29-34,45-48,54-59,61H,3-12,19,28,35-44H2,1-2H3/i5D2,8D2,10D2,11D2,19D2,61D. The molecule has 0 N–H and O–H groups in total. The molecule has 3 heteroatoms. The molecule has 18 aliphatic heterocycles. The van der Waals surface area contributed by atoms with E-state index in [0.717, 1.165) is 106 Å². The Bertz CT molecular complexity index is 3460. The van der Waals surface area contributed by atoms with Crippen LogP contribution in [0.25, 0.3) is 44.9 Å². The summed E-state index contributed by atoms with van der Waals surface area (Å²) >= 11 is 0. The molecule has 7 aromatic rings. The molecule has 3 nitrogen and oxygen atoms in total. The van der Waals surface area contributed by atoms with Gasteiger partial charge in [0.15, 0.2) is 0 Å². The van der Waals surface area contributed by atoms with Crippen LogP contribution in [0.3, 0.4) is 0 Å². The van der Waals surface area contributed by atoms with Gasteiger partial charge < -0.3 is 0 Å². The number of aromatic nitrogens is 3. The first-order valence-electron chi connectivity index (χ1n) is 33.6. The van der Waals surface area contributed by atoms with E-state index < -0.39 is 61.4 Å². The summed E-state index contributed by atoms with van der Waals surface area (Å²) in [6.45, 7) is 4.56. The Hall–Kier alpha value is -5.67. The Morgan fingerprint density at radius 1 is 0.405 bits per heavy atom. The zero-order valence-corrected chi connectivity index (χ0v) is 43.7. The lowest BCUT2D eigenvalue weighted by Gasteiger charge is -2.35. The summed E-state index contributed by atoms with van der Waals surface area (Å²) < 4.78 is 108. The molecule has 0 amide bonds. The van der Waals surface area contributed by atoms with Crippen LogP contribution in [-0.4, -0.2) is 15.0 Å². The van der Waals surface area contributed by atoms with Gasteiger partial charge in [-0.15, -0.1) is 0 Å². The number of aryl methyl sites for hydroxylation is 6. The van der Waals surface area contributed by atoms with Gasteiger partial charge in [-0.05, 0) is 256 Å². The molecular formula is C71H81N3. The molecule has 3 fully saturated rings. The van der Waals surface area contributed by atoms with Crippen molar-refractivity contribution in [1.29, 1.82) is 0 Å². The molecule has 3 saturated carbocycles. The Morgan fingerprint density at radius 2 is 0.838 bits per heavy atom. The zero-order valence-electron chi connectivity index (χ0n) is 54.7. The van der Waals surface area contributed by atoms with Gasteiger partial charge in [-0.25, -0.2) is 0 Å². The van der Waals surface area contributed by atoms with E-state index in [4.69, 9.17) is 15.0 Å². The fourth-order valence-electron chi connectivity index (χ4n) is 12.9. The Labute approximate surface area is 460 Å². The van der Waals surface area contributed by atoms with Gasteiger partial charge in [0.2, 0.25) is 0 Å². The van der Waals surface area contributed by atoms with Crippen LogP contribution in [0.2, 0.25) is 0 Å². The summed E-state index contributed by atoms with van der Waals surface area (Å²) in [7, 11) is 0. The van der Waals surface area contributed by atoms with Gasteiger partial charge in [0, 0.05) is 50.4 Å². The highest BCUT2D eigenvalue weighted by Crippen LogP contribution is 2.45. The molecule has 4 aromatic carbocycles. The van der Waals surface area contributed by atoms with Crippen LogP contribution in [-0.2, 0) is 38.5 Å². The first-order chi connectivity index (χ1) is 40.3. The first kappa shape index (κ1) is 38.0. The Balaban J connectivity index is 0.979. The second-order valence-electron chi connectivity index (χ2n) is 23.6. The van der Waals surface area contributed by atoms with Gasteiger partial charge in [-0.1, -0.05) is 123 Å². The van der Waals surface area contributed by atoms with Crippen LogP contribution >= 0.6 is 0 Å². The molecule has 6 atom stereocenters. The average molecular weight is 988 g/mol. The monoisotopic (exact) mass is 987 g/mol. The molecule has 0 saturated heterocycles. The molecule has 0 spiro atoms. The smallest absolute Gasteiger partial charge is 0.0708 e. The lowest BCUT2D eigenvalue weighted by molar-refractivity contribution is 0.172. The molecule has 380 valence electrons. The van der Waals surface area contributed by atoms with E-state index in [1.165, 1.54) is 0 Å². The average Bonchev–Trinajstić information content (AvgIpc) is 2.03. The normalized spacial score (nSPS) is 30.6. The highest BCUT2D eigenvalue weighted by Gasteiger charge is 2.31. The minimum Gasteiger partial charge on any atom is -0.256 e. The summed E-state index contributed by atoms with van der Waals surface area (Å²) in [5.74, 6) is -2.94. The molecule has 0 radical (unpaired) electrons. The molecule has 74 heavy (non-hydrogen) atoms. The number of nitrogens with zero attached hydrogens (tertiary/aromatic N) is 3. The third-order valence-electron chi connectivity index (χ3n) is 17.6. The van der Waals surface area contributed by atoms with Crippen molar-refractivity contribution in [2.45, 2.75) is 161 Å². The molecular weight excluding hydrogens is 895 g/mol. The topological polar surface area (TPSA) is 38.7 Å². The third-order valence-corrected chi connectivity index (χ3v) is 17.6. The van der Waals surface area contributed by atoms with Crippen LogP contribution < -0.4 is 0 Å². The second-order valence-corrected chi connectivity index (χ2v) is 23.6. The highest BCUT2D eigenvalue weighted by atomic mass is 14.7. The summed E-state index contributed by atoms with van der Waals surface area (Å²) in [4.78, 5) is 14.8. The molecule has 30 aliphatic rings. The van der Waals surface area contributed by atoms with Crippen molar-refractivity contribution >= 4 is 0 Å². The largest absolute Gasteiger partial charge is 0.256 e. The minimum atomic E-state index is -2.45. The molecule has 37 rings (SSSR count). The first-order valence-corrected chi connectivity index (χ1v) is 28.1. The van der Waals surface area contributed by atoms with E-state index in [1.807, 2.05) is 48.7 Å². The van der Waals surface area contributed by atoms with Crippen molar-refractivity contribution in [1.82, 2.24) is 15.0 Å². The molecule has 3 aromatic heterocycles. The molecule has 12 aliphatic carbocycles. The van der Waals surface area contributed by atoms with Gasteiger partial charge in [-0.3, -0.25) is 15.0 Å². The van der Waals surface area contributed by atoms with E-state index in [0.29, 0.717) is 56.2 Å². The van der Waals surface area contributed by atoms with E-state index in [-0.39, 0.29) is 48.5 Å². The van der Waals surface area contributed by atoms with Gasteiger partial charge >= 0.3 is 0 Å². The summed E-state index contributed by atoms with van der Waals surface area (Å²) in [6, 6.07) is 41.4. The summed E-state index contributed by atoms with van der Waals surface area (Å²) in [5, 5.41) is 0. The van der Waals surface area contributed by atoms with Crippen LogP contribution in [0, 0.1) is 40.9 Å². The zero-order chi connectivity index (χ0) is 59.7. The van der Waals surface area contributed by atoms with E-state index >= 15 is 0 Å². The maximum Gasteiger partial charge on any atom is 0.0708 e. The van der Waals surface area contributed by atoms with Crippen LogP contribution in [0.5, 0.6) is 0 Å². The number of hydrogen-bond acceptors (Lipinski definition) is 3. The van der Waals surface area contributed by atoms with Crippen molar-refractivity contribution in [3.8, 4) is 44.9 Å². The van der Waals surface area contributed by atoms with Gasteiger partial charge in [0.05, 0.1) is 17.1 Å². The molecule has 21 heterocycles. The number of benzene rings is 4. The van der Waals surface area contributed by atoms with Crippen molar-refractivity contribution < 1.29 is 15.1 Å². The second kappa shape index (κ2) is 22.3. The number of pyridine rings is 3. The van der Waals surface area contributed by atoms with Crippen molar-refractivity contribution in [3.05, 3.63) is 185 Å². The predicted molar refractivity (Wildman–Crippen MR) is 308 cm³/mol. The van der Waals surface area contributed by atoms with Crippen LogP contribution in [0.4, 0.5) is 0 Å². The fraction of sp³-hybridized carbons (Fsp3) is 0.451. The maximum absolute atomic E-state index is 10.1. The van der Waals surface area contributed by atoms with Gasteiger partial charge in [-0.2, -0.15) is 0 Å². The van der Waals surface area contributed by atoms with E-state index in [2.05, 4.69) is 74.5 Å². The maximum atomic E-state index is 10.1. The quantitative estimate of drug-likeness (QED) is 0.173. The van der Waals surface area contributed by atoms with E-state index in [1.54, 1.807) is 36.7 Å². The SMILES string of the molecule is [2H]C1(c2ccc(-c3cc4ncc3CC([2H])([2H])C3CC5CCc6ccc(nc6)-c6ccc(cc6)CCC6CC(CC(C6)C([2H])([2H])C([2H])([2H])c6ccc-4cc6)C([2H])([2H])Cc4ccc(cc4)-c4ccc(cn4)CC([2H])([2H])C(C5)C3)cc2)CCC(C)(C)CC1. The van der Waals surface area contributed by atoms with Crippen molar-refractivity contribution in [3.63, 3.8) is 0 Å². The third kappa shape index (κ3) is 12.0. The van der Waals surface area contributed by atoms with Crippen LogP contribution in [0.1, 0.15) is 176 Å². The fourth-order valence-corrected chi connectivity index (χ4v) is 12.9. The number of hydrogen-bond donors (Lipinski definition) is 0. The minimum absolute atomic E-state index is 0.0410. The molecule has 18 bridgehead atoms. The van der Waals surface area contributed by atoms with Gasteiger partial charge in [0.25, 0.3) is 0 Å². The lowest BCUT2D eigenvalue weighted by Crippen LogP contribution is -2.24. The predicted octanol–water partition coefficient (Wildman–Crippen LogP) is 18.3. The van der Waals surface area contributed by atoms with Crippen molar-refractivity contribution in [2.24, 2.45) is 40.9 Å². The highest BCUT2D eigenvalue weighted by molar-refractivity contribution is 5.73. The lowest BCUT2D eigenvalue weighted by atomic mass is 9.70.